The molecule has 0 fully saturated rings. The maximum atomic E-state index is 12.9. The van der Waals surface area contributed by atoms with Crippen molar-refractivity contribution in [2.45, 2.75) is 33.1 Å². The van der Waals surface area contributed by atoms with Gasteiger partial charge in [-0.15, -0.1) is 0 Å². The van der Waals surface area contributed by atoms with Gasteiger partial charge in [0, 0.05) is 16.9 Å². The summed E-state index contributed by atoms with van der Waals surface area (Å²) in [5, 5.41) is 12.9. The highest BCUT2D eigenvalue weighted by atomic mass is 16.2. The molecule has 1 heterocycles. The minimum atomic E-state index is -0.360. The van der Waals surface area contributed by atoms with Crippen molar-refractivity contribution in [1.29, 1.82) is 0 Å². The van der Waals surface area contributed by atoms with Crippen LogP contribution in [0.15, 0.2) is 85.2 Å². The summed E-state index contributed by atoms with van der Waals surface area (Å²) in [4.78, 5) is 25.2. The Kier molecular flexibility index (Phi) is 6.68. The van der Waals surface area contributed by atoms with Crippen molar-refractivity contribution in [3.05, 3.63) is 102 Å². The van der Waals surface area contributed by atoms with Crippen LogP contribution in [0.1, 0.15) is 42.3 Å². The topological polar surface area (TPSA) is 88.1 Å². The average Bonchev–Trinajstić information content (AvgIpc) is 3.27. The van der Waals surface area contributed by atoms with E-state index in [1.807, 2.05) is 55.5 Å². The van der Waals surface area contributed by atoms with Crippen molar-refractivity contribution in [1.82, 2.24) is 9.78 Å². The molecule has 0 unspecified atom stereocenters. The summed E-state index contributed by atoms with van der Waals surface area (Å²) < 4.78 is 1.61. The smallest absolute Gasteiger partial charge is 0.322 e. The third-order valence-corrected chi connectivity index (χ3v) is 5.48. The number of benzene rings is 3. The molecule has 0 saturated heterocycles. The first-order valence-corrected chi connectivity index (χ1v) is 11.4. The molecule has 4 rings (SSSR count). The Bertz CT molecular complexity index is 1370. The van der Waals surface area contributed by atoms with E-state index in [-0.39, 0.29) is 17.4 Å². The van der Waals surface area contributed by atoms with E-state index >= 15 is 0 Å². The second-order valence-electron chi connectivity index (χ2n) is 9.46. The number of carbonyl (C=O) groups excluding carboxylic acids is 2. The third kappa shape index (κ3) is 6.14. The Morgan fingerprint density at radius 1 is 0.800 bits per heavy atom. The highest BCUT2D eigenvalue weighted by Gasteiger charge is 2.15. The summed E-state index contributed by atoms with van der Waals surface area (Å²) >= 11 is 0. The van der Waals surface area contributed by atoms with Crippen LogP contribution in [-0.4, -0.2) is 21.7 Å². The van der Waals surface area contributed by atoms with Crippen LogP contribution >= 0.6 is 0 Å². The largest absolute Gasteiger partial charge is 0.323 e. The molecule has 0 radical (unpaired) electrons. The summed E-state index contributed by atoms with van der Waals surface area (Å²) in [5.41, 5.74) is 5.39. The SMILES string of the molecule is Cc1cccc(NC(=O)Nc2cnn(-c3cccc(C(=O)Nc4cccc(C(C)(C)C)c4)c3)c2)c1. The first-order chi connectivity index (χ1) is 16.7. The Morgan fingerprint density at radius 2 is 1.49 bits per heavy atom. The van der Waals surface area contributed by atoms with Gasteiger partial charge in [0.15, 0.2) is 0 Å². The van der Waals surface area contributed by atoms with Gasteiger partial charge in [0.05, 0.1) is 23.8 Å². The lowest BCUT2D eigenvalue weighted by molar-refractivity contribution is 0.102. The molecule has 35 heavy (non-hydrogen) atoms. The van der Waals surface area contributed by atoms with Crippen molar-refractivity contribution in [3.63, 3.8) is 0 Å². The lowest BCUT2D eigenvalue weighted by Crippen LogP contribution is -2.19. The van der Waals surface area contributed by atoms with E-state index in [1.54, 1.807) is 35.3 Å². The Hall–Kier alpha value is -4.39. The zero-order valence-corrected chi connectivity index (χ0v) is 20.3. The van der Waals surface area contributed by atoms with Gasteiger partial charge in [-0.1, -0.05) is 51.1 Å². The first-order valence-electron chi connectivity index (χ1n) is 11.4. The van der Waals surface area contributed by atoms with Crippen LogP contribution in [0.25, 0.3) is 5.69 Å². The van der Waals surface area contributed by atoms with E-state index in [0.717, 1.165) is 16.8 Å². The van der Waals surface area contributed by atoms with Gasteiger partial charge in [-0.05, 0) is 65.9 Å². The molecule has 3 aromatic carbocycles. The van der Waals surface area contributed by atoms with Crippen LogP contribution in [0, 0.1) is 6.92 Å². The summed E-state index contributed by atoms with van der Waals surface area (Å²) in [6.45, 7) is 8.37. The van der Waals surface area contributed by atoms with Gasteiger partial charge in [0.1, 0.15) is 0 Å². The molecular weight excluding hydrogens is 438 g/mol. The van der Waals surface area contributed by atoms with Crippen LogP contribution in [-0.2, 0) is 5.41 Å². The van der Waals surface area contributed by atoms with Crippen molar-refractivity contribution in [2.75, 3.05) is 16.0 Å². The number of hydrogen-bond acceptors (Lipinski definition) is 3. The zero-order chi connectivity index (χ0) is 25.0. The number of amides is 3. The number of hydrogen-bond donors (Lipinski definition) is 3. The predicted molar refractivity (Wildman–Crippen MR) is 140 cm³/mol. The third-order valence-electron chi connectivity index (χ3n) is 5.48. The van der Waals surface area contributed by atoms with E-state index in [0.29, 0.717) is 22.6 Å². The fourth-order valence-corrected chi connectivity index (χ4v) is 3.60. The highest BCUT2D eigenvalue weighted by molar-refractivity contribution is 6.04. The summed E-state index contributed by atoms with van der Waals surface area (Å²) in [7, 11) is 0. The highest BCUT2D eigenvalue weighted by Crippen LogP contribution is 2.25. The summed E-state index contributed by atoms with van der Waals surface area (Å²) in [6, 6.07) is 22.2. The van der Waals surface area contributed by atoms with E-state index in [1.165, 1.54) is 0 Å². The van der Waals surface area contributed by atoms with Gasteiger partial charge in [0.25, 0.3) is 5.91 Å². The predicted octanol–water partition coefficient (Wildman–Crippen LogP) is 6.37. The average molecular weight is 468 g/mol. The number of nitrogens with one attached hydrogen (secondary N) is 3. The van der Waals surface area contributed by atoms with Gasteiger partial charge < -0.3 is 16.0 Å². The molecule has 7 heteroatoms. The van der Waals surface area contributed by atoms with Crippen LogP contribution in [0.4, 0.5) is 21.9 Å². The minimum absolute atomic E-state index is 0.0105. The van der Waals surface area contributed by atoms with Gasteiger partial charge in [-0.3, -0.25) is 4.79 Å². The number of anilines is 3. The standard InChI is InChI=1S/C28H29N5O2/c1-19-8-5-11-22(14-19)31-27(35)32-24-17-29-33(18-24)25-13-6-9-20(15-25)26(34)30-23-12-7-10-21(16-23)28(2,3)4/h5-18H,1-4H3,(H,30,34)(H2,31,32,35). The van der Waals surface area contributed by atoms with Crippen LogP contribution < -0.4 is 16.0 Å². The number of aromatic nitrogens is 2. The van der Waals surface area contributed by atoms with E-state index < -0.39 is 0 Å². The molecule has 0 aliphatic rings. The van der Waals surface area contributed by atoms with Crippen molar-refractivity contribution in [3.8, 4) is 5.69 Å². The Labute approximate surface area is 205 Å². The second-order valence-corrected chi connectivity index (χ2v) is 9.46. The molecule has 0 aliphatic heterocycles. The molecule has 3 amide bonds. The minimum Gasteiger partial charge on any atom is -0.322 e. The van der Waals surface area contributed by atoms with Gasteiger partial charge in [-0.2, -0.15) is 5.10 Å². The van der Waals surface area contributed by atoms with Gasteiger partial charge >= 0.3 is 6.03 Å². The molecule has 3 N–H and O–H groups in total. The number of aryl methyl sites for hydroxylation is 1. The number of rotatable bonds is 5. The van der Waals surface area contributed by atoms with Crippen molar-refractivity contribution in [2.24, 2.45) is 0 Å². The lowest BCUT2D eigenvalue weighted by atomic mass is 9.87. The number of urea groups is 1. The maximum absolute atomic E-state index is 12.9. The van der Waals surface area contributed by atoms with Crippen molar-refractivity contribution >= 4 is 29.0 Å². The second kappa shape index (κ2) is 9.85. The normalized spacial score (nSPS) is 11.1. The molecule has 1 aromatic heterocycles. The monoisotopic (exact) mass is 467 g/mol. The van der Waals surface area contributed by atoms with Crippen LogP contribution in [0.3, 0.4) is 0 Å². The van der Waals surface area contributed by atoms with E-state index in [9.17, 15) is 9.59 Å². The molecule has 0 spiro atoms. The molecule has 4 aromatic rings. The fourth-order valence-electron chi connectivity index (χ4n) is 3.60. The van der Waals surface area contributed by atoms with E-state index in [4.69, 9.17) is 0 Å². The quantitative estimate of drug-likeness (QED) is 0.318. The molecule has 0 saturated carbocycles. The number of nitrogens with zero attached hydrogens (tertiary/aromatic N) is 2. The van der Waals surface area contributed by atoms with E-state index in [2.05, 4.69) is 47.9 Å². The first kappa shape index (κ1) is 23.8. The maximum Gasteiger partial charge on any atom is 0.323 e. The molecule has 0 atom stereocenters. The lowest BCUT2D eigenvalue weighted by Gasteiger charge is -2.20. The van der Waals surface area contributed by atoms with Crippen LogP contribution in [0.2, 0.25) is 0 Å². The number of carbonyl (C=O) groups is 2. The summed E-state index contributed by atoms with van der Waals surface area (Å²) in [5.74, 6) is -0.207. The molecule has 0 aliphatic carbocycles. The van der Waals surface area contributed by atoms with Crippen LogP contribution in [0.5, 0.6) is 0 Å². The van der Waals surface area contributed by atoms with Gasteiger partial charge in [0.2, 0.25) is 0 Å². The van der Waals surface area contributed by atoms with Crippen molar-refractivity contribution < 1.29 is 9.59 Å². The summed E-state index contributed by atoms with van der Waals surface area (Å²) in [6.07, 6.45) is 3.25. The Balaban J connectivity index is 1.44. The molecular formula is C28H29N5O2. The Morgan fingerprint density at radius 3 is 2.23 bits per heavy atom. The fraction of sp³-hybridized carbons (Fsp3) is 0.179. The van der Waals surface area contributed by atoms with Gasteiger partial charge in [-0.25, -0.2) is 9.48 Å². The molecule has 178 valence electrons. The molecule has 0 bridgehead atoms. The zero-order valence-electron chi connectivity index (χ0n) is 20.3. The molecule has 7 nitrogen and oxygen atoms in total.